The lowest BCUT2D eigenvalue weighted by molar-refractivity contribution is -0.132. The van der Waals surface area contributed by atoms with Crippen molar-refractivity contribution in [3.05, 3.63) is 29.8 Å². The van der Waals surface area contributed by atoms with E-state index < -0.39 is 0 Å². The van der Waals surface area contributed by atoms with Gasteiger partial charge in [0.05, 0.1) is 18.4 Å². The Morgan fingerprint density at radius 1 is 1.50 bits per heavy atom. The van der Waals surface area contributed by atoms with Gasteiger partial charge in [-0.1, -0.05) is 32.0 Å². The number of nitrogens with zero attached hydrogens (tertiary/aromatic N) is 2. The summed E-state index contributed by atoms with van der Waals surface area (Å²) in [5.41, 5.74) is 2.12. The van der Waals surface area contributed by atoms with Crippen molar-refractivity contribution in [2.24, 2.45) is 5.92 Å². The van der Waals surface area contributed by atoms with Crippen LogP contribution >= 0.6 is 0 Å². The lowest BCUT2D eigenvalue weighted by Gasteiger charge is -2.26. The molecule has 0 saturated heterocycles. The molecule has 1 unspecified atom stereocenters. The largest absolute Gasteiger partial charge is 0.384 e. The number of nitrogens with one attached hydrogen (secondary N) is 1. The van der Waals surface area contributed by atoms with Crippen LogP contribution in [0.2, 0.25) is 0 Å². The maximum Gasteiger partial charge on any atom is 0.232 e. The molecule has 1 aliphatic rings. The van der Waals surface area contributed by atoms with Gasteiger partial charge in [0, 0.05) is 25.3 Å². The van der Waals surface area contributed by atoms with E-state index in [9.17, 15) is 4.79 Å². The Hall–Kier alpha value is -2.02. The highest BCUT2D eigenvalue weighted by Crippen LogP contribution is 2.32. The standard InChI is InChI=1S/C16H21N3O/c1-12(2)11-19(9-5-8-17)16(20)14-10-18-15-7-4-3-6-13(14)15/h3-4,6-7,12,14,18H,5,9-11H2,1-2H3. The van der Waals surface area contributed by atoms with Crippen molar-refractivity contribution in [3.63, 3.8) is 0 Å². The summed E-state index contributed by atoms with van der Waals surface area (Å²) in [4.78, 5) is 14.6. The van der Waals surface area contributed by atoms with Crippen LogP contribution in [0.4, 0.5) is 5.69 Å². The normalized spacial score (nSPS) is 16.4. The molecule has 1 aliphatic heterocycles. The molecule has 0 bridgehead atoms. The molecule has 0 radical (unpaired) electrons. The second-order valence-electron chi connectivity index (χ2n) is 5.61. The number of anilines is 1. The zero-order chi connectivity index (χ0) is 14.5. The third kappa shape index (κ3) is 3.11. The number of nitriles is 1. The van der Waals surface area contributed by atoms with Gasteiger partial charge in [-0.3, -0.25) is 4.79 Å². The van der Waals surface area contributed by atoms with E-state index in [4.69, 9.17) is 5.26 Å². The van der Waals surface area contributed by atoms with Crippen LogP contribution in [0.5, 0.6) is 0 Å². The first-order valence-corrected chi connectivity index (χ1v) is 7.12. The van der Waals surface area contributed by atoms with Gasteiger partial charge >= 0.3 is 0 Å². The van der Waals surface area contributed by atoms with E-state index in [-0.39, 0.29) is 11.8 Å². The van der Waals surface area contributed by atoms with Gasteiger partial charge in [-0.2, -0.15) is 5.26 Å². The van der Waals surface area contributed by atoms with E-state index in [1.54, 1.807) is 0 Å². The predicted molar refractivity (Wildman–Crippen MR) is 79.3 cm³/mol. The number of amides is 1. The van der Waals surface area contributed by atoms with Gasteiger partial charge in [-0.05, 0) is 17.5 Å². The summed E-state index contributed by atoms with van der Waals surface area (Å²) in [5.74, 6) is 0.414. The molecule has 0 fully saturated rings. The average molecular weight is 271 g/mol. The Kier molecular flexibility index (Phi) is 4.62. The van der Waals surface area contributed by atoms with Gasteiger partial charge in [0.15, 0.2) is 0 Å². The van der Waals surface area contributed by atoms with Crippen LogP contribution < -0.4 is 5.32 Å². The van der Waals surface area contributed by atoms with Crippen molar-refractivity contribution in [1.29, 1.82) is 5.26 Å². The molecule has 1 atom stereocenters. The Morgan fingerprint density at radius 2 is 2.25 bits per heavy atom. The quantitative estimate of drug-likeness (QED) is 0.895. The monoisotopic (exact) mass is 271 g/mol. The first kappa shape index (κ1) is 14.4. The number of hydrogen-bond donors (Lipinski definition) is 1. The Morgan fingerprint density at radius 3 is 2.95 bits per heavy atom. The molecular weight excluding hydrogens is 250 g/mol. The van der Waals surface area contributed by atoms with Crippen LogP contribution in [0, 0.1) is 17.2 Å². The van der Waals surface area contributed by atoms with Crippen LogP contribution in [-0.2, 0) is 4.79 Å². The molecule has 0 saturated carbocycles. The second kappa shape index (κ2) is 6.42. The lowest BCUT2D eigenvalue weighted by Crippen LogP contribution is -2.39. The maximum atomic E-state index is 12.7. The second-order valence-corrected chi connectivity index (χ2v) is 5.61. The summed E-state index contributed by atoms with van der Waals surface area (Å²) >= 11 is 0. The molecular formula is C16H21N3O. The van der Waals surface area contributed by atoms with Gasteiger partial charge in [0.25, 0.3) is 0 Å². The van der Waals surface area contributed by atoms with Crippen molar-refractivity contribution in [1.82, 2.24) is 4.90 Å². The molecule has 0 aliphatic carbocycles. The van der Waals surface area contributed by atoms with Crippen LogP contribution in [0.25, 0.3) is 0 Å². The molecule has 106 valence electrons. The maximum absolute atomic E-state index is 12.7. The number of para-hydroxylation sites is 1. The zero-order valence-electron chi connectivity index (χ0n) is 12.1. The fourth-order valence-corrected chi connectivity index (χ4v) is 2.64. The molecule has 1 heterocycles. The number of fused-ring (bicyclic) bond motifs is 1. The molecule has 4 heteroatoms. The highest BCUT2D eigenvalue weighted by atomic mass is 16.2. The van der Waals surface area contributed by atoms with Crippen LogP contribution in [-0.4, -0.2) is 30.4 Å². The number of hydrogen-bond acceptors (Lipinski definition) is 3. The van der Waals surface area contributed by atoms with E-state index in [0.717, 1.165) is 11.3 Å². The van der Waals surface area contributed by atoms with E-state index in [1.807, 2.05) is 29.2 Å². The molecule has 1 aromatic rings. The summed E-state index contributed by atoms with van der Waals surface area (Å²) in [7, 11) is 0. The van der Waals surface area contributed by atoms with Gasteiger partial charge in [0.1, 0.15) is 0 Å². The number of carbonyl (C=O) groups is 1. The van der Waals surface area contributed by atoms with Gasteiger partial charge in [-0.15, -0.1) is 0 Å². The SMILES string of the molecule is CC(C)CN(CCC#N)C(=O)C1CNc2ccccc21. The van der Waals surface area contributed by atoms with Gasteiger partial charge in [-0.25, -0.2) is 0 Å². The fourth-order valence-electron chi connectivity index (χ4n) is 2.64. The van der Waals surface area contributed by atoms with Crippen molar-refractivity contribution in [2.45, 2.75) is 26.2 Å². The topological polar surface area (TPSA) is 56.1 Å². The van der Waals surface area contributed by atoms with Crippen molar-refractivity contribution < 1.29 is 4.79 Å². The average Bonchev–Trinajstić information content (AvgIpc) is 2.86. The third-order valence-corrected chi connectivity index (χ3v) is 3.52. The summed E-state index contributed by atoms with van der Waals surface area (Å²) < 4.78 is 0. The predicted octanol–water partition coefficient (Wildman–Crippen LogP) is 2.59. The van der Waals surface area contributed by atoms with E-state index in [0.29, 0.717) is 32.0 Å². The van der Waals surface area contributed by atoms with E-state index in [2.05, 4.69) is 25.2 Å². The van der Waals surface area contributed by atoms with Crippen molar-refractivity contribution in [3.8, 4) is 6.07 Å². The highest BCUT2D eigenvalue weighted by molar-refractivity contribution is 5.88. The third-order valence-electron chi connectivity index (χ3n) is 3.52. The minimum absolute atomic E-state index is 0.122. The fraction of sp³-hybridized carbons (Fsp3) is 0.500. The minimum Gasteiger partial charge on any atom is -0.384 e. The van der Waals surface area contributed by atoms with Crippen LogP contribution in [0.15, 0.2) is 24.3 Å². The molecule has 1 amide bonds. The van der Waals surface area contributed by atoms with Gasteiger partial charge in [0.2, 0.25) is 5.91 Å². The first-order chi connectivity index (χ1) is 9.63. The lowest BCUT2D eigenvalue weighted by atomic mass is 9.99. The minimum atomic E-state index is -0.122. The molecule has 0 aromatic heterocycles. The van der Waals surface area contributed by atoms with Crippen LogP contribution in [0.1, 0.15) is 31.7 Å². The molecule has 20 heavy (non-hydrogen) atoms. The van der Waals surface area contributed by atoms with E-state index >= 15 is 0 Å². The molecule has 1 N–H and O–H groups in total. The Bertz CT molecular complexity index is 519. The highest BCUT2D eigenvalue weighted by Gasteiger charge is 2.31. The first-order valence-electron chi connectivity index (χ1n) is 7.12. The summed E-state index contributed by atoms with van der Waals surface area (Å²) in [6.07, 6.45) is 0.389. The molecule has 4 nitrogen and oxygen atoms in total. The molecule has 2 rings (SSSR count). The zero-order valence-corrected chi connectivity index (χ0v) is 12.1. The van der Waals surface area contributed by atoms with Gasteiger partial charge < -0.3 is 10.2 Å². The molecule has 0 spiro atoms. The molecule has 1 aromatic carbocycles. The van der Waals surface area contributed by atoms with E-state index in [1.165, 1.54) is 0 Å². The smallest absolute Gasteiger partial charge is 0.232 e. The Balaban J connectivity index is 2.14. The summed E-state index contributed by atoms with van der Waals surface area (Å²) in [6, 6.07) is 10.1. The summed E-state index contributed by atoms with van der Waals surface area (Å²) in [5, 5.41) is 12.0. The Labute approximate surface area is 120 Å². The number of benzene rings is 1. The van der Waals surface area contributed by atoms with Crippen molar-refractivity contribution >= 4 is 11.6 Å². The number of carbonyl (C=O) groups excluding carboxylic acids is 1. The summed E-state index contributed by atoms with van der Waals surface area (Å²) in [6.45, 7) is 6.06. The van der Waals surface area contributed by atoms with Crippen LogP contribution in [0.3, 0.4) is 0 Å². The van der Waals surface area contributed by atoms with Crippen molar-refractivity contribution in [2.75, 3.05) is 25.0 Å². The number of rotatable bonds is 5.